The Kier molecular flexibility index (Phi) is 13.2. The molecule has 0 aliphatic rings. The molecule has 3 nitrogen and oxygen atoms in total. The van der Waals surface area contributed by atoms with Gasteiger partial charge < -0.3 is 14.2 Å². The highest BCUT2D eigenvalue weighted by Crippen LogP contribution is 2.22. The molecule has 110 valence electrons. The molecule has 0 heterocycles. The lowest BCUT2D eigenvalue weighted by Gasteiger charge is -2.09. The van der Waals surface area contributed by atoms with Gasteiger partial charge in [-0.25, -0.2) is 0 Å². The minimum absolute atomic E-state index is 0.640. The Morgan fingerprint density at radius 3 is 1.89 bits per heavy atom. The second kappa shape index (κ2) is 12.7. The zero-order chi connectivity index (χ0) is 13.7. The molecule has 0 aromatic carbocycles. The van der Waals surface area contributed by atoms with Crippen LogP contribution in [-0.2, 0) is 14.2 Å². The number of ether oxygens (including phenoxy) is 3. The Labute approximate surface area is 121 Å². The average molecular weight is 317 g/mol. The lowest BCUT2D eigenvalue weighted by Crippen LogP contribution is -2.12. The predicted octanol–water partition coefficient (Wildman–Crippen LogP) is 3.78. The molecule has 0 aliphatic carbocycles. The first-order valence-corrected chi connectivity index (χ1v) is 11.4. The van der Waals surface area contributed by atoms with Crippen LogP contribution in [0.2, 0.25) is 12.6 Å². The van der Waals surface area contributed by atoms with Gasteiger partial charge in [-0.05, 0) is 25.9 Å². The van der Waals surface area contributed by atoms with E-state index in [-0.39, 0.29) is 0 Å². The first kappa shape index (κ1) is 18.7. The van der Waals surface area contributed by atoms with Crippen molar-refractivity contribution in [2.75, 3.05) is 39.6 Å². The molecule has 6 heteroatoms. The fraction of sp³-hybridized carbons (Fsp3) is 1.00. The summed E-state index contributed by atoms with van der Waals surface area (Å²) in [6.07, 6.45) is 3.30. The van der Waals surface area contributed by atoms with Crippen molar-refractivity contribution in [2.24, 2.45) is 0 Å². The predicted molar refractivity (Wildman–Crippen MR) is 80.1 cm³/mol. The van der Waals surface area contributed by atoms with E-state index in [4.69, 9.17) is 36.4 Å². The van der Waals surface area contributed by atoms with Crippen molar-refractivity contribution in [3.05, 3.63) is 0 Å². The highest BCUT2D eigenvalue weighted by Gasteiger charge is 2.19. The largest absolute Gasteiger partial charge is 0.379 e. The van der Waals surface area contributed by atoms with Gasteiger partial charge in [-0.2, -0.15) is 0 Å². The Balaban J connectivity index is 2.99. The maximum absolute atomic E-state index is 6.01. The summed E-state index contributed by atoms with van der Waals surface area (Å²) in [7, 11) is 0. The molecule has 0 atom stereocenters. The lowest BCUT2D eigenvalue weighted by molar-refractivity contribution is 0.0163. The molecule has 0 spiro atoms. The van der Waals surface area contributed by atoms with Crippen LogP contribution in [0.4, 0.5) is 0 Å². The third kappa shape index (κ3) is 16.7. The van der Waals surface area contributed by atoms with E-state index in [1.54, 1.807) is 0 Å². The number of hydrogen-bond donors (Lipinski definition) is 0. The van der Waals surface area contributed by atoms with Crippen molar-refractivity contribution in [3.8, 4) is 0 Å². The molecular weight excluding hydrogens is 291 g/mol. The van der Waals surface area contributed by atoms with Gasteiger partial charge in [-0.1, -0.05) is 12.8 Å². The standard InChI is InChI=1S/C12H26Cl2O3Si/c1-3-15-8-9-17-11-10-16-7-5-4-6-12-18(2,13)14/h3-12H2,1-2H3. The number of hydrogen-bond acceptors (Lipinski definition) is 3. The number of unbranched alkanes of at least 4 members (excludes halogenated alkanes) is 2. The summed E-state index contributed by atoms with van der Waals surface area (Å²) in [5.74, 6) is 0. The normalized spacial score (nSPS) is 12.0. The molecule has 18 heavy (non-hydrogen) atoms. The van der Waals surface area contributed by atoms with Gasteiger partial charge in [0.15, 0.2) is 0 Å². The summed E-state index contributed by atoms with van der Waals surface area (Å²) >= 11 is 12.0. The highest BCUT2D eigenvalue weighted by atomic mass is 35.7. The van der Waals surface area contributed by atoms with Crippen LogP contribution in [0.3, 0.4) is 0 Å². The van der Waals surface area contributed by atoms with Crippen LogP contribution >= 0.6 is 22.2 Å². The fourth-order valence-corrected chi connectivity index (χ4v) is 3.07. The van der Waals surface area contributed by atoms with Crippen molar-refractivity contribution in [1.29, 1.82) is 0 Å². The average Bonchev–Trinajstić information content (AvgIpc) is 2.29. The van der Waals surface area contributed by atoms with Gasteiger partial charge in [0.2, 0.25) is 6.69 Å². The van der Waals surface area contributed by atoms with Crippen molar-refractivity contribution < 1.29 is 14.2 Å². The van der Waals surface area contributed by atoms with Crippen molar-refractivity contribution in [2.45, 2.75) is 38.8 Å². The summed E-state index contributed by atoms with van der Waals surface area (Å²) in [5, 5.41) is 0. The first-order chi connectivity index (χ1) is 8.56. The minimum atomic E-state index is -1.88. The van der Waals surface area contributed by atoms with Crippen LogP contribution in [0.5, 0.6) is 0 Å². The zero-order valence-electron chi connectivity index (χ0n) is 11.6. The SMILES string of the molecule is CCOCCOCCOCCCCC[Si](C)(Cl)Cl. The lowest BCUT2D eigenvalue weighted by atomic mass is 10.3. The Morgan fingerprint density at radius 2 is 1.33 bits per heavy atom. The number of rotatable bonds is 13. The molecule has 0 fully saturated rings. The van der Waals surface area contributed by atoms with Crippen LogP contribution in [0.25, 0.3) is 0 Å². The molecule has 0 radical (unpaired) electrons. The molecule has 0 unspecified atom stereocenters. The van der Waals surface area contributed by atoms with E-state index in [1.165, 1.54) is 0 Å². The maximum Gasteiger partial charge on any atom is 0.248 e. The van der Waals surface area contributed by atoms with Crippen molar-refractivity contribution >= 4 is 28.9 Å². The van der Waals surface area contributed by atoms with E-state index in [2.05, 4.69) is 0 Å². The highest BCUT2D eigenvalue weighted by molar-refractivity contribution is 7.44. The van der Waals surface area contributed by atoms with Crippen LogP contribution < -0.4 is 0 Å². The van der Waals surface area contributed by atoms with Gasteiger partial charge in [0.05, 0.1) is 26.4 Å². The molecule has 0 aromatic rings. The van der Waals surface area contributed by atoms with Crippen LogP contribution in [0.1, 0.15) is 26.2 Å². The van der Waals surface area contributed by atoms with E-state index in [1.807, 2.05) is 13.5 Å². The van der Waals surface area contributed by atoms with Gasteiger partial charge in [0.1, 0.15) is 0 Å². The summed E-state index contributed by atoms with van der Waals surface area (Å²) < 4.78 is 15.9. The minimum Gasteiger partial charge on any atom is -0.379 e. The monoisotopic (exact) mass is 316 g/mol. The molecule has 0 aliphatic heterocycles. The summed E-state index contributed by atoms with van der Waals surface area (Å²) in [5.41, 5.74) is 0. The summed E-state index contributed by atoms with van der Waals surface area (Å²) in [6.45, 7) is 6.19. The zero-order valence-corrected chi connectivity index (χ0v) is 14.1. The second-order valence-corrected chi connectivity index (χ2v) is 12.5. The summed E-state index contributed by atoms with van der Waals surface area (Å²) in [4.78, 5) is 0. The van der Waals surface area contributed by atoms with Gasteiger partial charge in [0, 0.05) is 13.2 Å². The molecule has 0 amide bonds. The summed E-state index contributed by atoms with van der Waals surface area (Å²) in [6, 6.07) is 0.969. The van der Waals surface area contributed by atoms with Gasteiger partial charge in [0.25, 0.3) is 0 Å². The molecule has 0 bridgehead atoms. The van der Waals surface area contributed by atoms with Crippen LogP contribution in [-0.4, -0.2) is 46.3 Å². The fourth-order valence-electron chi connectivity index (χ4n) is 1.40. The molecule has 0 saturated heterocycles. The van der Waals surface area contributed by atoms with E-state index in [9.17, 15) is 0 Å². The van der Waals surface area contributed by atoms with Crippen molar-refractivity contribution in [3.63, 3.8) is 0 Å². The van der Waals surface area contributed by atoms with E-state index < -0.39 is 6.69 Å². The van der Waals surface area contributed by atoms with E-state index in [0.717, 1.165) is 38.5 Å². The maximum atomic E-state index is 6.01. The molecule has 0 rings (SSSR count). The van der Waals surface area contributed by atoms with Gasteiger partial charge >= 0.3 is 0 Å². The molecule has 0 saturated carbocycles. The molecule has 0 aromatic heterocycles. The van der Waals surface area contributed by atoms with Crippen molar-refractivity contribution in [1.82, 2.24) is 0 Å². The second-order valence-electron chi connectivity index (χ2n) is 4.30. The topological polar surface area (TPSA) is 27.7 Å². The Morgan fingerprint density at radius 1 is 0.778 bits per heavy atom. The van der Waals surface area contributed by atoms with E-state index in [0.29, 0.717) is 26.4 Å². The Hall–Kier alpha value is 0.677. The third-order valence-electron chi connectivity index (χ3n) is 2.35. The van der Waals surface area contributed by atoms with Crippen LogP contribution in [0.15, 0.2) is 0 Å². The van der Waals surface area contributed by atoms with E-state index >= 15 is 0 Å². The smallest absolute Gasteiger partial charge is 0.248 e. The first-order valence-electron chi connectivity index (χ1n) is 6.67. The molecule has 0 N–H and O–H groups in total. The van der Waals surface area contributed by atoms with Crippen LogP contribution in [0, 0.1) is 0 Å². The quantitative estimate of drug-likeness (QED) is 0.294. The number of halogens is 2. The third-order valence-corrected chi connectivity index (χ3v) is 4.72. The Bertz CT molecular complexity index is 177. The van der Waals surface area contributed by atoms with Gasteiger partial charge in [-0.15, -0.1) is 22.2 Å². The van der Waals surface area contributed by atoms with Gasteiger partial charge in [-0.3, -0.25) is 0 Å². The molecular formula is C12H26Cl2O3Si.